The normalized spacial score (nSPS) is 11.6. The van der Waals surface area contributed by atoms with Gasteiger partial charge in [0.1, 0.15) is 0 Å². The quantitative estimate of drug-likeness (QED) is 0.677. The van der Waals surface area contributed by atoms with Crippen LogP contribution >= 0.6 is 0 Å². The van der Waals surface area contributed by atoms with Crippen molar-refractivity contribution in [3.8, 4) is 0 Å². The van der Waals surface area contributed by atoms with Gasteiger partial charge in [0.15, 0.2) is 0 Å². The van der Waals surface area contributed by atoms with E-state index in [9.17, 15) is 18.0 Å². The number of nitrogens with one attached hydrogen (secondary N) is 1. The Balaban J connectivity index is 3.55. The third kappa shape index (κ3) is 7.47. The van der Waals surface area contributed by atoms with Crippen LogP contribution in [0, 0.1) is 0 Å². The minimum absolute atomic E-state index is 0.00742. The van der Waals surface area contributed by atoms with Crippen LogP contribution in [0.25, 0.3) is 0 Å². The molecule has 4 nitrogen and oxygen atoms in total. The summed E-state index contributed by atoms with van der Waals surface area (Å²) < 4.78 is 38.2. The van der Waals surface area contributed by atoms with E-state index in [2.05, 4.69) is 10.1 Å². The van der Waals surface area contributed by atoms with Gasteiger partial charge in [0.25, 0.3) is 0 Å². The number of amides is 1. The number of carbonyl (C=O) groups excluding carboxylic acids is 1. The summed E-state index contributed by atoms with van der Waals surface area (Å²) in [5.74, 6) is -0.128. The van der Waals surface area contributed by atoms with Gasteiger partial charge in [0.05, 0.1) is 13.2 Å². The molecule has 0 fully saturated rings. The summed E-state index contributed by atoms with van der Waals surface area (Å²) in [6, 6.07) is 0. The van der Waals surface area contributed by atoms with Crippen LogP contribution in [0.15, 0.2) is 0 Å². The Labute approximate surface area is 92.7 Å². The van der Waals surface area contributed by atoms with Crippen molar-refractivity contribution in [2.75, 3.05) is 32.8 Å². The first-order valence-electron chi connectivity index (χ1n) is 5.09. The number of carbonyl (C=O) groups is 1. The Bertz CT molecular complexity index is 205. The van der Waals surface area contributed by atoms with Crippen LogP contribution in [-0.4, -0.2) is 50.0 Å². The molecule has 1 amide bonds. The van der Waals surface area contributed by atoms with Crippen LogP contribution in [-0.2, 0) is 9.53 Å². The van der Waals surface area contributed by atoms with E-state index in [4.69, 9.17) is 0 Å². The van der Waals surface area contributed by atoms with E-state index in [1.807, 2.05) is 13.8 Å². The maximum Gasteiger partial charge on any atom is 0.522 e. The van der Waals surface area contributed by atoms with E-state index < -0.39 is 13.0 Å². The van der Waals surface area contributed by atoms with E-state index >= 15 is 0 Å². The van der Waals surface area contributed by atoms with Gasteiger partial charge in [-0.25, -0.2) is 0 Å². The summed E-state index contributed by atoms with van der Waals surface area (Å²) in [6.07, 6.45) is -4.61. The van der Waals surface area contributed by atoms with Crippen molar-refractivity contribution < 1.29 is 22.7 Å². The van der Waals surface area contributed by atoms with E-state index in [0.717, 1.165) is 0 Å². The number of hydrogen-bond acceptors (Lipinski definition) is 3. The summed E-state index contributed by atoms with van der Waals surface area (Å²) in [4.78, 5) is 13.0. The Kier molecular flexibility index (Phi) is 7.07. The molecule has 0 aliphatic heterocycles. The zero-order valence-electron chi connectivity index (χ0n) is 9.43. The lowest BCUT2D eigenvalue weighted by Crippen LogP contribution is -2.39. The highest BCUT2D eigenvalue weighted by Gasteiger charge is 2.28. The molecule has 96 valence electrons. The molecule has 0 atom stereocenters. The van der Waals surface area contributed by atoms with Gasteiger partial charge in [0.2, 0.25) is 5.91 Å². The predicted octanol–water partition coefficient (Wildman–Crippen LogP) is 0.981. The topological polar surface area (TPSA) is 41.6 Å². The number of ether oxygens (including phenoxy) is 1. The van der Waals surface area contributed by atoms with Crippen molar-refractivity contribution in [3.05, 3.63) is 0 Å². The highest BCUT2D eigenvalue weighted by molar-refractivity contribution is 5.78. The maximum atomic E-state index is 11.6. The Hall–Kier alpha value is -0.820. The minimum Gasteiger partial charge on any atom is -0.342 e. The highest BCUT2D eigenvalue weighted by atomic mass is 19.4. The Morgan fingerprint density at radius 3 is 2.31 bits per heavy atom. The summed E-state index contributed by atoms with van der Waals surface area (Å²) >= 11 is 0. The summed E-state index contributed by atoms with van der Waals surface area (Å²) in [6.45, 7) is 4.40. The molecule has 16 heavy (non-hydrogen) atoms. The predicted molar refractivity (Wildman–Crippen MR) is 52.8 cm³/mol. The van der Waals surface area contributed by atoms with E-state index in [1.165, 1.54) is 0 Å². The zero-order chi connectivity index (χ0) is 12.6. The molecule has 0 spiro atoms. The van der Waals surface area contributed by atoms with Crippen LogP contribution < -0.4 is 5.32 Å². The molecule has 0 rings (SSSR count). The maximum absolute atomic E-state index is 11.6. The van der Waals surface area contributed by atoms with E-state index in [1.54, 1.807) is 4.90 Å². The van der Waals surface area contributed by atoms with Crippen molar-refractivity contribution in [1.82, 2.24) is 10.2 Å². The molecule has 0 aromatic rings. The second-order valence-corrected chi connectivity index (χ2v) is 3.04. The zero-order valence-corrected chi connectivity index (χ0v) is 9.43. The van der Waals surface area contributed by atoms with Gasteiger partial charge in [-0.3, -0.25) is 9.53 Å². The molecule has 0 aliphatic rings. The summed E-state index contributed by atoms with van der Waals surface area (Å²) in [7, 11) is 0. The van der Waals surface area contributed by atoms with Gasteiger partial charge >= 0.3 is 6.36 Å². The molecule has 0 saturated carbocycles. The van der Waals surface area contributed by atoms with Crippen LogP contribution in [0.4, 0.5) is 13.2 Å². The van der Waals surface area contributed by atoms with Gasteiger partial charge < -0.3 is 10.2 Å². The number of alkyl halides is 3. The van der Waals surface area contributed by atoms with Crippen LogP contribution in [0.2, 0.25) is 0 Å². The van der Waals surface area contributed by atoms with E-state index in [0.29, 0.717) is 13.1 Å². The van der Waals surface area contributed by atoms with Crippen molar-refractivity contribution in [3.63, 3.8) is 0 Å². The fraction of sp³-hybridized carbons (Fsp3) is 0.889. The van der Waals surface area contributed by atoms with Gasteiger partial charge in [-0.1, -0.05) is 0 Å². The lowest BCUT2D eigenvalue weighted by atomic mass is 10.4. The van der Waals surface area contributed by atoms with Gasteiger partial charge in [-0.2, -0.15) is 0 Å². The standard InChI is InChI=1S/C9H17F3N2O2/c1-3-14(4-2)8(15)7-13-5-6-16-9(10,11)12/h13H,3-7H2,1-2H3. The number of hydrogen-bond donors (Lipinski definition) is 1. The van der Waals surface area contributed by atoms with E-state index in [-0.39, 0.29) is 19.0 Å². The molecule has 1 N–H and O–H groups in total. The Morgan fingerprint density at radius 2 is 1.88 bits per heavy atom. The molecule has 0 unspecified atom stereocenters. The van der Waals surface area contributed by atoms with Crippen molar-refractivity contribution in [2.45, 2.75) is 20.2 Å². The molecule has 0 aromatic carbocycles. The first-order chi connectivity index (χ1) is 7.40. The number of likely N-dealkylation sites (N-methyl/N-ethyl adjacent to an activating group) is 1. The number of rotatable bonds is 7. The molecule has 0 radical (unpaired) electrons. The van der Waals surface area contributed by atoms with Crippen LogP contribution in [0.3, 0.4) is 0 Å². The average molecular weight is 242 g/mol. The molecule has 0 aliphatic carbocycles. The summed E-state index contributed by atoms with van der Waals surface area (Å²) in [5, 5.41) is 2.59. The SMILES string of the molecule is CCN(CC)C(=O)CNCCOC(F)(F)F. The van der Waals surface area contributed by atoms with Crippen molar-refractivity contribution in [1.29, 1.82) is 0 Å². The third-order valence-corrected chi connectivity index (χ3v) is 1.94. The summed E-state index contributed by atoms with van der Waals surface area (Å²) in [5.41, 5.74) is 0. The lowest BCUT2D eigenvalue weighted by Gasteiger charge is -2.18. The molecule has 0 aromatic heterocycles. The molecule has 0 heterocycles. The fourth-order valence-corrected chi connectivity index (χ4v) is 1.12. The smallest absolute Gasteiger partial charge is 0.342 e. The van der Waals surface area contributed by atoms with Crippen LogP contribution in [0.1, 0.15) is 13.8 Å². The van der Waals surface area contributed by atoms with Gasteiger partial charge in [0, 0.05) is 19.6 Å². The highest BCUT2D eigenvalue weighted by Crippen LogP contribution is 2.14. The Morgan fingerprint density at radius 1 is 1.31 bits per heavy atom. The largest absolute Gasteiger partial charge is 0.522 e. The van der Waals surface area contributed by atoms with Crippen molar-refractivity contribution in [2.24, 2.45) is 0 Å². The lowest BCUT2D eigenvalue weighted by molar-refractivity contribution is -0.323. The second-order valence-electron chi connectivity index (χ2n) is 3.04. The van der Waals surface area contributed by atoms with Gasteiger partial charge in [-0.05, 0) is 13.8 Å². The molecule has 7 heteroatoms. The number of halogens is 3. The van der Waals surface area contributed by atoms with Crippen LogP contribution in [0.5, 0.6) is 0 Å². The molecular weight excluding hydrogens is 225 g/mol. The number of nitrogens with zero attached hydrogens (tertiary/aromatic N) is 1. The molecule has 0 bridgehead atoms. The van der Waals surface area contributed by atoms with Crippen molar-refractivity contribution >= 4 is 5.91 Å². The molecule has 0 saturated heterocycles. The second kappa shape index (κ2) is 7.45. The first kappa shape index (κ1) is 15.2. The first-order valence-corrected chi connectivity index (χ1v) is 5.09. The fourth-order valence-electron chi connectivity index (χ4n) is 1.12. The van der Waals surface area contributed by atoms with Gasteiger partial charge in [-0.15, -0.1) is 13.2 Å². The minimum atomic E-state index is -4.61. The monoisotopic (exact) mass is 242 g/mol. The average Bonchev–Trinajstić information content (AvgIpc) is 2.17. The molecular formula is C9H17F3N2O2. The third-order valence-electron chi connectivity index (χ3n) is 1.94.